The molecule has 0 unspecified atom stereocenters. The minimum absolute atomic E-state index is 0.742. The van der Waals surface area contributed by atoms with Crippen LogP contribution in [-0.2, 0) is 6.42 Å². The van der Waals surface area contributed by atoms with E-state index < -0.39 is 0 Å². The molecule has 0 aliphatic carbocycles. The number of nitrogens with zero attached hydrogens (tertiary/aromatic N) is 4. The van der Waals surface area contributed by atoms with Crippen molar-refractivity contribution in [3.8, 4) is 22.7 Å². The summed E-state index contributed by atoms with van der Waals surface area (Å²) in [5.74, 6) is 0.904. The molecule has 0 atom stereocenters. The molecular weight excluding hydrogens is 456 g/mol. The molecule has 0 saturated carbocycles. The molecular formula is C29H31ClN4O. The zero-order valence-electron chi connectivity index (χ0n) is 20.1. The summed E-state index contributed by atoms with van der Waals surface area (Å²) >= 11 is 6.12. The molecule has 35 heavy (non-hydrogen) atoms. The second kappa shape index (κ2) is 11.0. The molecule has 5 rings (SSSR count). The zero-order chi connectivity index (χ0) is 24.0. The molecule has 0 bridgehead atoms. The molecule has 0 radical (unpaired) electrons. The van der Waals surface area contributed by atoms with Crippen LogP contribution in [0.25, 0.3) is 16.9 Å². The number of methoxy groups -OCH3 is 1. The summed E-state index contributed by atoms with van der Waals surface area (Å²) in [4.78, 5) is 5.02. The van der Waals surface area contributed by atoms with Crippen LogP contribution >= 0.6 is 11.6 Å². The lowest BCUT2D eigenvalue weighted by Crippen LogP contribution is -2.46. The van der Waals surface area contributed by atoms with E-state index in [4.69, 9.17) is 21.4 Å². The zero-order valence-corrected chi connectivity index (χ0v) is 20.9. The Kier molecular flexibility index (Phi) is 7.36. The summed E-state index contributed by atoms with van der Waals surface area (Å²) in [7, 11) is 1.71. The number of anilines is 1. The van der Waals surface area contributed by atoms with Gasteiger partial charge in [0.25, 0.3) is 0 Å². The van der Waals surface area contributed by atoms with Gasteiger partial charge >= 0.3 is 0 Å². The highest BCUT2D eigenvalue weighted by molar-refractivity contribution is 6.30. The third-order valence-corrected chi connectivity index (χ3v) is 6.87. The Morgan fingerprint density at radius 3 is 2.23 bits per heavy atom. The number of hydrogen-bond donors (Lipinski definition) is 0. The minimum Gasteiger partial charge on any atom is -0.497 e. The summed E-state index contributed by atoms with van der Waals surface area (Å²) in [6.07, 6.45) is 2.05. The van der Waals surface area contributed by atoms with Gasteiger partial charge in [0.05, 0.1) is 24.2 Å². The maximum atomic E-state index is 6.12. The highest BCUT2D eigenvalue weighted by Crippen LogP contribution is 2.26. The molecule has 4 aromatic rings. The van der Waals surface area contributed by atoms with E-state index in [1.807, 2.05) is 47.1 Å². The van der Waals surface area contributed by atoms with Gasteiger partial charge in [-0.25, -0.2) is 4.68 Å². The van der Waals surface area contributed by atoms with E-state index in [1.54, 1.807) is 7.11 Å². The number of rotatable bonds is 8. The maximum Gasteiger partial charge on any atom is 0.119 e. The molecule has 1 aliphatic rings. The van der Waals surface area contributed by atoms with Crippen LogP contribution in [0.15, 0.2) is 84.9 Å². The summed E-state index contributed by atoms with van der Waals surface area (Å²) in [5.41, 5.74) is 5.67. The van der Waals surface area contributed by atoms with Gasteiger partial charge in [0, 0.05) is 42.5 Å². The molecule has 1 fully saturated rings. The largest absolute Gasteiger partial charge is 0.497 e. The molecule has 1 saturated heterocycles. The first-order valence-electron chi connectivity index (χ1n) is 12.2. The van der Waals surface area contributed by atoms with Crippen molar-refractivity contribution in [2.45, 2.75) is 12.8 Å². The standard InChI is InChI=1S/C29H31ClN4O/c1-35-28-15-13-26(14-16-28)33-20-18-32(19-21-33)17-5-6-25-22-29(23-9-11-24(30)12-10-23)34(31-25)27-7-3-2-4-8-27/h2-4,7-16,22H,5-6,17-21H2,1H3. The van der Waals surface area contributed by atoms with Gasteiger partial charge in [-0.2, -0.15) is 5.10 Å². The van der Waals surface area contributed by atoms with E-state index in [2.05, 4.69) is 52.3 Å². The van der Waals surface area contributed by atoms with Crippen LogP contribution in [0.3, 0.4) is 0 Å². The van der Waals surface area contributed by atoms with Crippen molar-refractivity contribution in [3.05, 3.63) is 95.6 Å². The predicted octanol–water partition coefficient (Wildman–Crippen LogP) is 5.96. The molecule has 0 amide bonds. The number of ether oxygens (including phenoxy) is 1. The van der Waals surface area contributed by atoms with Crippen LogP contribution in [0.4, 0.5) is 5.69 Å². The highest BCUT2D eigenvalue weighted by Gasteiger charge is 2.18. The van der Waals surface area contributed by atoms with Gasteiger partial charge in [-0.1, -0.05) is 41.9 Å². The van der Waals surface area contributed by atoms with Crippen molar-refractivity contribution in [3.63, 3.8) is 0 Å². The van der Waals surface area contributed by atoms with Gasteiger partial charge in [-0.3, -0.25) is 4.90 Å². The van der Waals surface area contributed by atoms with Crippen LogP contribution in [0.1, 0.15) is 12.1 Å². The SMILES string of the molecule is COc1ccc(N2CCN(CCCc3cc(-c4ccc(Cl)cc4)n(-c4ccccc4)n3)CC2)cc1. The molecule has 3 aromatic carbocycles. The lowest BCUT2D eigenvalue weighted by molar-refractivity contribution is 0.255. The molecule has 180 valence electrons. The molecule has 1 aliphatic heterocycles. The molecule has 5 nitrogen and oxygen atoms in total. The van der Waals surface area contributed by atoms with E-state index in [9.17, 15) is 0 Å². The average Bonchev–Trinajstić information content (AvgIpc) is 3.34. The predicted molar refractivity (Wildman–Crippen MR) is 144 cm³/mol. The summed E-state index contributed by atoms with van der Waals surface area (Å²) in [6, 6.07) is 28.9. The Hall–Kier alpha value is -3.28. The Labute approximate surface area is 212 Å². The van der Waals surface area contributed by atoms with Gasteiger partial charge < -0.3 is 9.64 Å². The first kappa shape index (κ1) is 23.5. The van der Waals surface area contributed by atoms with Crippen molar-refractivity contribution in [1.29, 1.82) is 0 Å². The molecule has 0 N–H and O–H groups in total. The van der Waals surface area contributed by atoms with E-state index in [1.165, 1.54) is 5.69 Å². The fraction of sp³-hybridized carbons (Fsp3) is 0.276. The van der Waals surface area contributed by atoms with Crippen LogP contribution in [0, 0.1) is 0 Å². The van der Waals surface area contributed by atoms with E-state index in [-0.39, 0.29) is 0 Å². The van der Waals surface area contributed by atoms with Crippen LogP contribution < -0.4 is 9.64 Å². The minimum atomic E-state index is 0.742. The normalized spacial score (nSPS) is 14.3. The molecule has 1 aromatic heterocycles. The summed E-state index contributed by atoms with van der Waals surface area (Å²) < 4.78 is 7.33. The number of aromatic nitrogens is 2. The van der Waals surface area contributed by atoms with E-state index >= 15 is 0 Å². The van der Waals surface area contributed by atoms with Crippen LogP contribution in [0.2, 0.25) is 5.02 Å². The molecule has 0 spiro atoms. The van der Waals surface area contributed by atoms with E-state index in [0.29, 0.717) is 0 Å². The Balaban J connectivity index is 1.20. The van der Waals surface area contributed by atoms with Gasteiger partial charge in [-0.05, 0) is 74.0 Å². The monoisotopic (exact) mass is 486 g/mol. The number of hydrogen-bond acceptors (Lipinski definition) is 4. The quantitative estimate of drug-likeness (QED) is 0.308. The second-order valence-corrected chi connectivity index (χ2v) is 9.34. The number of aryl methyl sites for hydroxylation is 1. The number of benzene rings is 3. The van der Waals surface area contributed by atoms with Gasteiger partial charge in [0.15, 0.2) is 0 Å². The number of para-hydroxylation sites is 1. The van der Waals surface area contributed by atoms with Crippen molar-refractivity contribution in [2.24, 2.45) is 0 Å². The Bertz CT molecular complexity index is 1210. The summed E-state index contributed by atoms with van der Waals surface area (Å²) in [5, 5.41) is 5.72. The third kappa shape index (κ3) is 5.69. The number of piperazine rings is 1. The van der Waals surface area contributed by atoms with Crippen molar-refractivity contribution < 1.29 is 4.74 Å². The fourth-order valence-corrected chi connectivity index (χ4v) is 4.78. The van der Waals surface area contributed by atoms with E-state index in [0.717, 1.165) is 79.0 Å². The lowest BCUT2D eigenvalue weighted by atomic mass is 10.1. The first-order chi connectivity index (χ1) is 17.2. The van der Waals surface area contributed by atoms with Gasteiger partial charge in [-0.15, -0.1) is 0 Å². The topological polar surface area (TPSA) is 33.5 Å². The fourth-order valence-electron chi connectivity index (χ4n) is 4.65. The average molecular weight is 487 g/mol. The van der Waals surface area contributed by atoms with Crippen LogP contribution in [0.5, 0.6) is 5.75 Å². The van der Waals surface area contributed by atoms with Crippen LogP contribution in [-0.4, -0.2) is 54.5 Å². The van der Waals surface area contributed by atoms with Crippen molar-refractivity contribution in [2.75, 3.05) is 44.7 Å². The molecule has 6 heteroatoms. The van der Waals surface area contributed by atoms with Gasteiger partial charge in [0.2, 0.25) is 0 Å². The highest BCUT2D eigenvalue weighted by atomic mass is 35.5. The van der Waals surface area contributed by atoms with Crippen molar-refractivity contribution >= 4 is 17.3 Å². The third-order valence-electron chi connectivity index (χ3n) is 6.62. The number of halogens is 1. The summed E-state index contributed by atoms with van der Waals surface area (Å²) in [6.45, 7) is 5.36. The second-order valence-electron chi connectivity index (χ2n) is 8.91. The molecule has 2 heterocycles. The Morgan fingerprint density at radius 2 is 1.54 bits per heavy atom. The smallest absolute Gasteiger partial charge is 0.119 e. The van der Waals surface area contributed by atoms with Gasteiger partial charge in [0.1, 0.15) is 5.75 Å². The Morgan fingerprint density at radius 1 is 0.829 bits per heavy atom. The van der Waals surface area contributed by atoms with Crippen molar-refractivity contribution in [1.82, 2.24) is 14.7 Å². The maximum absolute atomic E-state index is 6.12. The first-order valence-corrected chi connectivity index (χ1v) is 12.6. The lowest BCUT2D eigenvalue weighted by Gasteiger charge is -2.36.